The molecule has 0 aliphatic carbocycles. The van der Waals surface area contributed by atoms with Crippen LogP contribution in [-0.4, -0.2) is 16.1 Å². The molecule has 0 spiro atoms. The fourth-order valence-electron chi connectivity index (χ4n) is 2.97. The molecule has 1 aromatic heterocycles. The van der Waals surface area contributed by atoms with Gasteiger partial charge in [-0.05, 0) is 55.0 Å². The molecule has 0 aliphatic rings. The minimum Gasteiger partial charge on any atom is -0.330 e. The second-order valence-electron chi connectivity index (χ2n) is 7.11. The van der Waals surface area contributed by atoms with Gasteiger partial charge in [0.15, 0.2) is 0 Å². The average Bonchev–Trinajstić information content (AvgIpc) is 3.24. The van der Waals surface area contributed by atoms with Gasteiger partial charge in [0, 0.05) is 27.0 Å². The summed E-state index contributed by atoms with van der Waals surface area (Å²) in [5, 5.41) is 15.2. The zero-order valence-corrected chi connectivity index (χ0v) is 19.5. The van der Waals surface area contributed by atoms with Crippen LogP contribution in [0.2, 0.25) is 0 Å². The number of hydrogen-bond acceptors (Lipinski definition) is 5. The van der Waals surface area contributed by atoms with E-state index in [0.717, 1.165) is 27.9 Å². The third kappa shape index (κ3) is 5.58. The minimum atomic E-state index is -4.39. The maximum atomic E-state index is 12.8. The number of nitrogens with one attached hydrogen (secondary N) is 2. The van der Waals surface area contributed by atoms with Crippen molar-refractivity contribution >= 4 is 49.7 Å². The second-order valence-corrected chi connectivity index (χ2v) is 9.00. The van der Waals surface area contributed by atoms with Gasteiger partial charge in [-0.1, -0.05) is 51.5 Å². The summed E-state index contributed by atoms with van der Waals surface area (Å²) in [6.45, 7) is 1.90. The van der Waals surface area contributed by atoms with Crippen molar-refractivity contribution < 1.29 is 18.0 Å². The Balaban J connectivity index is 1.49. The number of anilines is 3. The Bertz CT molecular complexity index is 1310. The van der Waals surface area contributed by atoms with Crippen LogP contribution in [0.1, 0.15) is 21.5 Å². The van der Waals surface area contributed by atoms with Crippen LogP contribution in [0.15, 0.2) is 71.2 Å². The Kier molecular flexibility index (Phi) is 6.48. The molecular formula is C23H16BrF3N4OS. The van der Waals surface area contributed by atoms with Crippen LogP contribution in [0.3, 0.4) is 0 Å². The maximum Gasteiger partial charge on any atom is 0.416 e. The molecule has 0 radical (unpaired) electrons. The minimum absolute atomic E-state index is 0.244. The highest BCUT2D eigenvalue weighted by molar-refractivity contribution is 9.10. The first kappa shape index (κ1) is 22.9. The van der Waals surface area contributed by atoms with Gasteiger partial charge in [0.25, 0.3) is 5.91 Å². The van der Waals surface area contributed by atoms with Gasteiger partial charge in [-0.15, -0.1) is 10.2 Å². The van der Waals surface area contributed by atoms with Crippen molar-refractivity contribution in [2.24, 2.45) is 0 Å². The number of alkyl halides is 3. The highest BCUT2D eigenvalue weighted by Gasteiger charge is 2.30. The molecule has 0 fully saturated rings. The van der Waals surface area contributed by atoms with Crippen molar-refractivity contribution in [1.29, 1.82) is 0 Å². The van der Waals surface area contributed by atoms with Gasteiger partial charge in [-0.3, -0.25) is 4.79 Å². The van der Waals surface area contributed by atoms with Crippen molar-refractivity contribution in [3.8, 4) is 10.6 Å². The lowest BCUT2D eigenvalue weighted by Gasteiger charge is -2.11. The van der Waals surface area contributed by atoms with Crippen molar-refractivity contribution in [2.45, 2.75) is 13.1 Å². The van der Waals surface area contributed by atoms with Gasteiger partial charge in [-0.25, -0.2) is 0 Å². The van der Waals surface area contributed by atoms with E-state index in [0.29, 0.717) is 27.0 Å². The number of aryl methyl sites for hydroxylation is 1. The van der Waals surface area contributed by atoms with Crippen LogP contribution in [0.4, 0.5) is 29.7 Å². The molecule has 4 aromatic rings. The molecule has 1 heterocycles. The van der Waals surface area contributed by atoms with E-state index in [-0.39, 0.29) is 5.91 Å². The Morgan fingerprint density at radius 1 is 1.00 bits per heavy atom. The second kappa shape index (κ2) is 9.32. The number of amides is 1. The Hall–Kier alpha value is -3.24. The largest absolute Gasteiger partial charge is 0.416 e. The maximum absolute atomic E-state index is 12.8. The van der Waals surface area contributed by atoms with Gasteiger partial charge in [0.2, 0.25) is 5.13 Å². The Morgan fingerprint density at radius 2 is 1.76 bits per heavy atom. The number of hydrogen-bond donors (Lipinski definition) is 2. The fraction of sp³-hybridized carbons (Fsp3) is 0.0870. The van der Waals surface area contributed by atoms with E-state index in [9.17, 15) is 18.0 Å². The summed E-state index contributed by atoms with van der Waals surface area (Å²) < 4.78 is 39.1. The van der Waals surface area contributed by atoms with Crippen LogP contribution in [0, 0.1) is 6.92 Å². The number of benzene rings is 3. The molecule has 2 N–H and O–H groups in total. The van der Waals surface area contributed by atoms with Crippen molar-refractivity contribution in [2.75, 3.05) is 10.6 Å². The van der Waals surface area contributed by atoms with E-state index < -0.39 is 11.7 Å². The van der Waals surface area contributed by atoms with Crippen molar-refractivity contribution in [3.63, 3.8) is 0 Å². The molecule has 10 heteroatoms. The molecule has 33 heavy (non-hydrogen) atoms. The molecule has 1 amide bonds. The summed E-state index contributed by atoms with van der Waals surface area (Å²) in [7, 11) is 0. The van der Waals surface area contributed by atoms with Crippen LogP contribution < -0.4 is 10.6 Å². The predicted molar refractivity (Wildman–Crippen MR) is 127 cm³/mol. The Morgan fingerprint density at radius 3 is 2.45 bits per heavy atom. The van der Waals surface area contributed by atoms with Crippen molar-refractivity contribution in [1.82, 2.24) is 10.2 Å². The Labute approximate surface area is 199 Å². The molecule has 0 saturated carbocycles. The first-order valence-electron chi connectivity index (χ1n) is 9.65. The standard InChI is InChI=1S/C23H16BrF3N4OS/c1-13-5-10-18(28-20(32)15-3-2-4-17(24)11-15)12-19(13)29-22-31-30-21(33-22)14-6-8-16(9-7-14)23(25,26)27/h2-12H,1H3,(H,28,32)(H,29,31). The number of aromatic nitrogens is 2. The van der Waals surface area contributed by atoms with E-state index >= 15 is 0 Å². The van der Waals surface area contributed by atoms with Crippen LogP contribution in [0.25, 0.3) is 10.6 Å². The zero-order chi connectivity index (χ0) is 23.6. The highest BCUT2D eigenvalue weighted by atomic mass is 79.9. The van der Waals surface area contributed by atoms with E-state index in [4.69, 9.17) is 0 Å². The number of carbonyl (C=O) groups is 1. The SMILES string of the molecule is Cc1ccc(NC(=O)c2cccc(Br)c2)cc1Nc1nnc(-c2ccc(C(F)(F)F)cc2)s1. The molecule has 3 aromatic carbocycles. The summed E-state index contributed by atoms with van der Waals surface area (Å²) in [5.41, 5.74) is 2.58. The topological polar surface area (TPSA) is 66.9 Å². The van der Waals surface area contributed by atoms with Gasteiger partial charge < -0.3 is 10.6 Å². The monoisotopic (exact) mass is 532 g/mol. The lowest BCUT2D eigenvalue weighted by Crippen LogP contribution is -2.12. The smallest absolute Gasteiger partial charge is 0.330 e. The first-order chi connectivity index (χ1) is 15.7. The lowest BCUT2D eigenvalue weighted by atomic mass is 10.1. The number of nitrogens with zero attached hydrogens (tertiary/aromatic N) is 2. The summed E-state index contributed by atoms with van der Waals surface area (Å²) in [6, 6.07) is 17.3. The predicted octanol–water partition coefficient (Wildman–Crippen LogP) is 7.29. The zero-order valence-electron chi connectivity index (χ0n) is 17.1. The van der Waals surface area contributed by atoms with Crippen LogP contribution in [0.5, 0.6) is 0 Å². The molecule has 5 nitrogen and oxygen atoms in total. The highest BCUT2D eigenvalue weighted by Crippen LogP contribution is 2.33. The van der Waals surface area contributed by atoms with Gasteiger partial charge in [0.1, 0.15) is 5.01 Å². The van der Waals surface area contributed by atoms with Gasteiger partial charge in [-0.2, -0.15) is 13.2 Å². The van der Waals surface area contributed by atoms with Crippen LogP contribution in [-0.2, 0) is 6.18 Å². The third-order valence-corrected chi connectivity index (χ3v) is 6.09. The van der Waals surface area contributed by atoms with E-state index in [1.54, 1.807) is 30.3 Å². The average molecular weight is 533 g/mol. The molecule has 0 bridgehead atoms. The number of carbonyl (C=O) groups excluding carboxylic acids is 1. The van der Waals surface area contributed by atoms with Crippen LogP contribution >= 0.6 is 27.3 Å². The summed E-state index contributed by atoms with van der Waals surface area (Å²) in [5.74, 6) is -0.244. The summed E-state index contributed by atoms with van der Waals surface area (Å²) >= 11 is 4.57. The number of halogens is 4. The van der Waals surface area contributed by atoms with Crippen molar-refractivity contribution in [3.05, 3.63) is 87.9 Å². The fourth-order valence-corrected chi connectivity index (χ4v) is 4.14. The third-order valence-electron chi connectivity index (χ3n) is 4.71. The van der Waals surface area contributed by atoms with Gasteiger partial charge in [0.05, 0.1) is 5.56 Å². The molecule has 4 rings (SSSR count). The molecule has 0 saturated heterocycles. The molecule has 0 unspecified atom stereocenters. The molecule has 0 aliphatic heterocycles. The quantitative estimate of drug-likeness (QED) is 0.283. The summed E-state index contributed by atoms with van der Waals surface area (Å²) in [4.78, 5) is 12.5. The van der Waals surface area contributed by atoms with E-state index in [1.165, 1.54) is 23.5 Å². The molecular weight excluding hydrogens is 517 g/mol. The number of rotatable bonds is 5. The molecule has 0 atom stereocenters. The molecule has 168 valence electrons. The lowest BCUT2D eigenvalue weighted by molar-refractivity contribution is -0.137. The first-order valence-corrected chi connectivity index (χ1v) is 11.3. The normalized spacial score (nSPS) is 11.3. The van der Waals surface area contributed by atoms with Gasteiger partial charge >= 0.3 is 6.18 Å². The van der Waals surface area contributed by atoms with E-state index in [1.807, 2.05) is 19.1 Å². The van der Waals surface area contributed by atoms with E-state index in [2.05, 4.69) is 36.8 Å². The summed E-state index contributed by atoms with van der Waals surface area (Å²) in [6.07, 6.45) is -4.39.